The third kappa shape index (κ3) is 3.03. The van der Waals surface area contributed by atoms with Crippen LogP contribution in [0.2, 0.25) is 0 Å². The van der Waals surface area contributed by atoms with Gasteiger partial charge >= 0.3 is 0 Å². The molecule has 0 radical (unpaired) electrons. The Bertz CT molecular complexity index is 444. The average molecular weight is 312 g/mol. The summed E-state index contributed by atoms with van der Waals surface area (Å²) in [6.07, 6.45) is 2.62. The summed E-state index contributed by atoms with van der Waals surface area (Å²) < 4.78 is 6.59. The Labute approximate surface area is 116 Å². The zero-order chi connectivity index (χ0) is 13.1. The van der Waals surface area contributed by atoms with E-state index in [-0.39, 0.29) is 5.84 Å². The molecule has 0 saturated carbocycles. The number of hydrogen-bond donors (Lipinski definition) is 2. The van der Waals surface area contributed by atoms with Crippen molar-refractivity contribution >= 4 is 27.5 Å². The van der Waals surface area contributed by atoms with Gasteiger partial charge in [0, 0.05) is 30.2 Å². The van der Waals surface area contributed by atoms with Crippen LogP contribution in [0.4, 0.5) is 5.69 Å². The molecular weight excluding hydrogens is 294 g/mol. The van der Waals surface area contributed by atoms with Crippen LogP contribution in [0.1, 0.15) is 18.4 Å². The van der Waals surface area contributed by atoms with Crippen molar-refractivity contribution in [3.8, 4) is 0 Å². The molecule has 1 aliphatic heterocycles. The van der Waals surface area contributed by atoms with E-state index in [1.165, 1.54) is 0 Å². The molecule has 0 bridgehead atoms. The summed E-state index contributed by atoms with van der Waals surface area (Å²) >= 11 is 3.53. The first-order valence-electron chi connectivity index (χ1n) is 6.04. The fraction of sp³-hybridized carbons (Fsp3) is 0.462. The van der Waals surface area contributed by atoms with E-state index >= 15 is 0 Å². The van der Waals surface area contributed by atoms with Crippen molar-refractivity contribution in [1.82, 2.24) is 0 Å². The standard InChI is InChI=1S/C13H18BrN3O/c1-17(8-10-3-2-6-18-10)12-5-4-9(13(15)16)7-11(12)14/h4-5,7,10H,2-3,6,8H2,1H3,(H3,15,16). The van der Waals surface area contributed by atoms with Gasteiger partial charge in [0.1, 0.15) is 5.84 Å². The predicted molar refractivity (Wildman–Crippen MR) is 77.4 cm³/mol. The lowest BCUT2D eigenvalue weighted by atomic mass is 10.1. The molecule has 3 N–H and O–H groups in total. The van der Waals surface area contributed by atoms with Crippen LogP contribution in [0.5, 0.6) is 0 Å². The van der Waals surface area contributed by atoms with Crippen molar-refractivity contribution in [2.45, 2.75) is 18.9 Å². The van der Waals surface area contributed by atoms with Crippen molar-refractivity contribution in [2.24, 2.45) is 5.73 Å². The molecule has 1 unspecified atom stereocenters. The van der Waals surface area contributed by atoms with Crippen LogP contribution in [-0.2, 0) is 4.74 Å². The number of anilines is 1. The lowest BCUT2D eigenvalue weighted by molar-refractivity contribution is 0.116. The number of nitrogens with one attached hydrogen (secondary N) is 1. The summed E-state index contributed by atoms with van der Waals surface area (Å²) in [5.41, 5.74) is 7.30. The fourth-order valence-electron chi connectivity index (χ4n) is 2.18. The van der Waals surface area contributed by atoms with Crippen LogP contribution in [-0.4, -0.2) is 32.1 Å². The minimum atomic E-state index is 0.0871. The maximum Gasteiger partial charge on any atom is 0.122 e. The van der Waals surface area contributed by atoms with E-state index in [0.29, 0.717) is 6.10 Å². The highest BCUT2D eigenvalue weighted by Gasteiger charge is 2.18. The smallest absolute Gasteiger partial charge is 0.122 e. The molecule has 1 heterocycles. The minimum absolute atomic E-state index is 0.0871. The third-order valence-electron chi connectivity index (χ3n) is 3.17. The van der Waals surface area contributed by atoms with Gasteiger partial charge in [0.2, 0.25) is 0 Å². The summed E-state index contributed by atoms with van der Waals surface area (Å²) in [6, 6.07) is 5.73. The number of hydrogen-bond acceptors (Lipinski definition) is 3. The summed E-state index contributed by atoms with van der Waals surface area (Å²) in [6.45, 7) is 1.76. The molecule has 1 atom stereocenters. The molecule has 1 aromatic rings. The maximum absolute atomic E-state index is 7.41. The molecule has 1 aliphatic rings. The van der Waals surface area contributed by atoms with Crippen LogP contribution in [0, 0.1) is 5.41 Å². The van der Waals surface area contributed by atoms with Crippen molar-refractivity contribution < 1.29 is 4.74 Å². The highest BCUT2D eigenvalue weighted by Crippen LogP contribution is 2.27. The Morgan fingerprint density at radius 3 is 2.94 bits per heavy atom. The Hall–Kier alpha value is -1.07. The highest BCUT2D eigenvalue weighted by molar-refractivity contribution is 9.10. The Morgan fingerprint density at radius 2 is 2.39 bits per heavy atom. The van der Waals surface area contributed by atoms with Gasteiger partial charge in [-0.3, -0.25) is 5.41 Å². The van der Waals surface area contributed by atoms with E-state index in [4.69, 9.17) is 15.9 Å². The lowest BCUT2D eigenvalue weighted by Crippen LogP contribution is -2.28. The molecule has 0 aliphatic carbocycles. The second-order valence-corrected chi connectivity index (χ2v) is 5.45. The van der Waals surface area contributed by atoms with Crippen LogP contribution in [0.3, 0.4) is 0 Å². The number of rotatable bonds is 4. The second kappa shape index (κ2) is 5.71. The van der Waals surface area contributed by atoms with E-state index in [1.54, 1.807) is 0 Å². The van der Waals surface area contributed by atoms with E-state index in [2.05, 4.69) is 27.9 Å². The van der Waals surface area contributed by atoms with Crippen molar-refractivity contribution in [3.05, 3.63) is 28.2 Å². The number of amidine groups is 1. The first kappa shape index (κ1) is 13.4. The van der Waals surface area contributed by atoms with Gasteiger partial charge in [-0.2, -0.15) is 0 Å². The molecule has 0 amide bonds. The van der Waals surface area contributed by atoms with E-state index in [1.807, 2.05) is 18.2 Å². The van der Waals surface area contributed by atoms with E-state index in [0.717, 1.165) is 41.7 Å². The Balaban J connectivity index is 2.09. The number of ether oxygens (including phenoxy) is 1. The molecule has 0 spiro atoms. The van der Waals surface area contributed by atoms with Gasteiger partial charge in [0.15, 0.2) is 0 Å². The maximum atomic E-state index is 7.41. The molecule has 0 aromatic heterocycles. The van der Waals surface area contributed by atoms with Crippen LogP contribution in [0.25, 0.3) is 0 Å². The van der Waals surface area contributed by atoms with Crippen molar-refractivity contribution in [2.75, 3.05) is 25.1 Å². The number of nitrogens with zero attached hydrogens (tertiary/aromatic N) is 1. The van der Waals surface area contributed by atoms with Gasteiger partial charge in [-0.05, 0) is 47.0 Å². The molecule has 98 valence electrons. The SMILES string of the molecule is CN(CC1CCCO1)c1ccc(C(=N)N)cc1Br. The minimum Gasteiger partial charge on any atom is -0.384 e. The number of nitrogens with two attached hydrogens (primary N) is 1. The largest absolute Gasteiger partial charge is 0.384 e. The summed E-state index contributed by atoms with van der Waals surface area (Å²) in [7, 11) is 2.05. The highest BCUT2D eigenvalue weighted by atomic mass is 79.9. The van der Waals surface area contributed by atoms with Crippen molar-refractivity contribution in [3.63, 3.8) is 0 Å². The topological polar surface area (TPSA) is 62.3 Å². The van der Waals surface area contributed by atoms with Crippen molar-refractivity contribution in [1.29, 1.82) is 5.41 Å². The molecule has 2 rings (SSSR count). The summed E-state index contributed by atoms with van der Waals surface area (Å²) in [4.78, 5) is 2.17. The van der Waals surface area contributed by atoms with Gasteiger partial charge in [-0.15, -0.1) is 0 Å². The lowest BCUT2D eigenvalue weighted by Gasteiger charge is -2.24. The van der Waals surface area contributed by atoms with Crippen LogP contribution >= 0.6 is 15.9 Å². The molecular formula is C13H18BrN3O. The third-order valence-corrected chi connectivity index (χ3v) is 3.81. The first-order valence-corrected chi connectivity index (χ1v) is 6.84. The van der Waals surface area contributed by atoms with E-state index in [9.17, 15) is 0 Å². The Morgan fingerprint density at radius 1 is 1.61 bits per heavy atom. The quantitative estimate of drug-likeness (QED) is 0.663. The van der Waals surface area contributed by atoms with Crippen LogP contribution in [0.15, 0.2) is 22.7 Å². The number of benzene rings is 1. The predicted octanol–water partition coefficient (Wildman–Crippen LogP) is 2.35. The van der Waals surface area contributed by atoms with Gasteiger partial charge < -0.3 is 15.4 Å². The Kier molecular flexibility index (Phi) is 4.24. The van der Waals surface area contributed by atoms with Crippen LogP contribution < -0.4 is 10.6 Å². The number of likely N-dealkylation sites (N-methyl/N-ethyl adjacent to an activating group) is 1. The first-order chi connectivity index (χ1) is 8.58. The fourth-order valence-corrected chi connectivity index (χ4v) is 2.86. The summed E-state index contributed by atoms with van der Waals surface area (Å²) in [5, 5.41) is 7.41. The monoisotopic (exact) mass is 311 g/mol. The number of nitrogen functional groups attached to an aromatic ring is 1. The molecule has 1 aromatic carbocycles. The zero-order valence-corrected chi connectivity index (χ0v) is 12.0. The molecule has 1 saturated heterocycles. The molecule has 5 heteroatoms. The molecule has 4 nitrogen and oxygen atoms in total. The van der Waals surface area contributed by atoms with Gasteiger partial charge in [-0.1, -0.05) is 0 Å². The zero-order valence-electron chi connectivity index (χ0n) is 10.4. The number of halogens is 1. The average Bonchev–Trinajstić information content (AvgIpc) is 2.81. The second-order valence-electron chi connectivity index (χ2n) is 4.60. The van der Waals surface area contributed by atoms with E-state index < -0.39 is 0 Å². The van der Waals surface area contributed by atoms with Gasteiger partial charge in [0.25, 0.3) is 0 Å². The molecule has 18 heavy (non-hydrogen) atoms. The summed E-state index contributed by atoms with van der Waals surface area (Å²) in [5.74, 6) is 0.0871. The molecule has 1 fully saturated rings. The normalized spacial score (nSPS) is 18.9. The van der Waals surface area contributed by atoms with Gasteiger partial charge in [0.05, 0.1) is 11.8 Å². The van der Waals surface area contributed by atoms with Gasteiger partial charge in [-0.25, -0.2) is 0 Å².